The smallest absolute Gasteiger partial charge is 0.276 e. The van der Waals surface area contributed by atoms with Gasteiger partial charge in [-0.2, -0.15) is 0 Å². The summed E-state index contributed by atoms with van der Waals surface area (Å²) in [4.78, 5) is 14.8. The lowest BCUT2D eigenvalue weighted by Crippen LogP contribution is -2.26. The average Bonchev–Trinajstić information content (AvgIpc) is 2.98. The van der Waals surface area contributed by atoms with Gasteiger partial charge in [0.15, 0.2) is 5.69 Å². The molecule has 0 N–H and O–H groups in total. The summed E-state index contributed by atoms with van der Waals surface area (Å²) in [6, 6.07) is 1.72. The van der Waals surface area contributed by atoms with Gasteiger partial charge in [-0.3, -0.25) is 4.79 Å². The van der Waals surface area contributed by atoms with Crippen LogP contribution in [0.3, 0.4) is 0 Å². The van der Waals surface area contributed by atoms with Gasteiger partial charge in [0.05, 0.1) is 17.1 Å². The van der Waals surface area contributed by atoms with Gasteiger partial charge in [-0.05, 0) is 24.4 Å². The number of carbonyl (C=O) groups is 1. The summed E-state index contributed by atoms with van der Waals surface area (Å²) in [6.45, 7) is 6.55. The van der Waals surface area contributed by atoms with Crippen LogP contribution in [0.1, 0.15) is 40.7 Å². The molecule has 0 aliphatic carbocycles. The molecule has 0 aliphatic rings. The van der Waals surface area contributed by atoms with Gasteiger partial charge in [0.2, 0.25) is 0 Å². The van der Waals surface area contributed by atoms with Crippen LogP contribution in [0.25, 0.3) is 0 Å². The van der Waals surface area contributed by atoms with Crippen LogP contribution in [-0.2, 0) is 13.0 Å². The van der Waals surface area contributed by atoms with Gasteiger partial charge in [0, 0.05) is 19.5 Å². The normalized spacial score (nSPS) is 11.1. The van der Waals surface area contributed by atoms with Crippen LogP contribution < -0.4 is 0 Å². The Bertz CT molecular complexity index is 591. The lowest BCUT2D eigenvalue weighted by Gasteiger charge is -2.14. The predicted octanol–water partition coefficient (Wildman–Crippen LogP) is 2.31. The first-order valence-electron chi connectivity index (χ1n) is 6.46. The van der Waals surface area contributed by atoms with Gasteiger partial charge < -0.3 is 9.42 Å². The number of hydrogen-bond donors (Lipinski definition) is 0. The second kappa shape index (κ2) is 6.13. The third kappa shape index (κ3) is 3.41. The molecule has 2 rings (SSSR count). The third-order valence-corrected chi connectivity index (χ3v) is 3.67. The van der Waals surface area contributed by atoms with Crippen LogP contribution in [0, 0.1) is 12.8 Å². The molecule has 2 aromatic heterocycles. The first kappa shape index (κ1) is 14.6. The summed E-state index contributed by atoms with van der Waals surface area (Å²) < 4.78 is 9.05. The van der Waals surface area contributed by atoms with Crippen LogP contribution >= 0.6 is 11.5 Å². The molecule has 0 aliphatic heterocycles. The minimum absolute atomic E-state index is 0.156. The molecule has 0 atom stereocenters. The number of carbonyl (C=O) groups excluding carboxylic acids is 1. The fraction of sp³-hybridized carbons (Fsp3) is 0.538. The molecule has 2 heterocycles. The maximum absolute atomic E-state index is 12.2. The van der Waals surface area contributed by atoms with E-state index >= 15 is 0 Å². The molecule has 0 radical (unpaired) electrons. The maximum atomic E-state index is 12.2. The fourth-order valence-electron chi connectivity index (χ4n) is 1.79. The van der Waals surface area contributed by atoms with Gasteiger partial charge in [-0.15, -0.1) is 5.10 Å². The molecular weight excluding hydrogens is 276 g/mol. The van der Waals surface area contributed by atoms with E-state index < -0.39 is 0 Å². The average molecular weight is 294 g/mol. The minimum Gasteiger partial charge on any atom is -0.361 e. The minimum atomic E-state index is -0.156. The number of aryl methyl sites for hydroxylation is 1. The molecule has 1 amide bonds. The summed E-state index contributed by atoms with van der Waals surface area (Å²) in [5, 5.41) is 7.78. The van der Waals surface area contributed by atoms with Crippen LogP contribution in [0.2, 0.25) is 0 Å². The highest BCUT2D eigenvalue weighted by atomic mass is 32.1. The Hall–Kier alpha value is -1.76. The molecule has 0 unspecified atom stereocenters. The topological polar surface area (TPSA) is 72.1 Å². The maximum Gasteiger partial charge on any atom is 0.276 e. The van der Waals surface area contributed by atoms with E-state index in [0.29, 0.717) is 18.2 Å². The summed E-state index contributed by atoms with van der Waals surface area (Å²) in [7, 11) is 1.73. The highest BCUT2D eigenvalue weighted by molar-refractivity contribution is 7.05. The Kier molecular flexibility index (Phi) is 4.49. The van der Waals surface area contributed by atoms with Crippen molar-refractivity contribution in [2.24, 2.45) is 5.92 Å². The van der Waals surface area contributed by atoms with E-state index in [1.54, 1.807) is 18.0 Å². The van der Waals surface area contributed by atoms with Crippen LogP contribution in [0.4, 0.5) is 0 Å². The predicted molar refractivity (Wildman–Crippen MR) is 75.5 cm³/mol. The largest absolute Gasteiger partial charge is 0.361 e. The summed E-state index contributed by atoms with van der Waals surface area (Å²) in [6.07, 6.45) is 0.780. The molecule has 0 bridgehead atoms. The van der Waals surface area contributed by atoms with Gasteiger partial charge in [-0.25, -0.2) is 0 Å². The first-order valence-corrected chi connectivity index (χ1v) is 7.23. The quantitative estimate of drug-likeness (QED) is 0.846. The van der Waals surface area contributed by atoms with Crippen molar-refractivity contribution < 1.29 is 9.32 Å². The van der Waals surface area contributed by atoms with E-state index in [4.69, 9.17) is 4.52 Å². The molecule has 0 spiro atoms. The molecule has 108 valence electrons. The molecule has 0 fully saturated rings. The van der Waals surface area contributed by atoms with Crippen molar-refractivity contribution >= 4 is 17.4 Å². The van der Waals surface area contributed by atoms with E-state index in [1.807, 2.05) is 6.92 Å². The zero-order valence-corrected chi connectivity index (χ0v) is 12.9. The van der Waals surface area contributed by atoms with Crippen molar-refractivity contribution in [3.8, 4) is 0 Å². The number of amides is 1. The molecule has 0 aromatic carbocycles. The number of hydrogen-bond acceptors (Lipinski definition) is 6. The second-order valence-corrected chi connectivity index (χ2v) is 6.06. The zero-order chi connectivity index (χ0) is 14.7. The van der Waals surface area contributed by atoms with Gasteiger partial charge in [-0.1, -0.05) is 23.5 Å². The van der Waals surface area contributed by atoms with Crippen LogP contribution in [-0.4, -0.2) is 32.6 Å². The van der Waals surface area contributed by atoms with E-state index in [-0.39, 0.29) is 5.91 Å². The van der Waals surface area contributed by atoms with Crippen LogP contribution in [0.5, 0.6) is 0 Å². The SMILES string of the molecule is Cc1nnsc1CN(C)C(=O)c1cc(CC(C)C)on1. The zero-order valence-electron chi connectivity index (χ0n) is 12.1. The summed E-state index contributed by atoms with van der Waals surface area (Å²) >= 11 is 1.31. The molecule has 2 aromatic rings. The standard InChI is InChI=1S/C13H18N4O2S/c1-8(2)5-10-6-11(15-19-10)13(18)17(4)7-12-9(3)14-16-20-12/h6,8H,5,7H2,1-4H3. The van der Waals surface area contributed by atoms with Crippen molar-refractivity contribution in [2.75, 3.05) is 7.05 Å². The molecule has 6 nitrogen and oxygen atoms in total. The molecule has 0 saturated heterocycles. The van der Waals surface area contributed by atoms with Gasteiger partial charge in [0.25, 0.3) is 5.91 Å². The highest BCUT2D eigenvalue weighted by Crippen LogP contribution is 2.15. The molecule has 0 saturated carbocycles. The fourth-order valence-corrected chi connectivity index (χ4v) is 2.48. The van der Waals surface area contributed by atoms with Crippen LogP contribution in [0.15, 0.2) is 10.6 Å². The Morgan fingerprint density at radius 2 is 2.25 bits per heavy atom. The summed E-state index contributed by atoms with van der Waals surface area (Å²) in [5.41, 5.74) is 1.20. The van der Waals surface area contributed by atoms with Crippen molar-refractivity contribution in [2.45, 2.75) is 33.7 Å². The number of aromatic nitrogens is 3. The second-order valence-electron chi connectivity index (χ2n) is 5.22. The van der Waals surface area contributed by atoms with E-state index in [0.717, 1.165) is 22.8 Å². The van der Waals surface area contributed by atoms with Crippen molar-refractivity contribution in [1.82, 2.24) is 19.6 Å². The van der Waals surface area contributed by atoms with E-state index in [9.17, 15) is 4.79 Å². The lowest BCUT2D eigenvalue weighted by molar-refractivity contribution is 0.0776. The lowest BCUT2D eigenvalue weighted by atomic mass is 10.1. The van der Waals surface area contributed by atoms with Gasteiger partial charge >= 0.3 is 0 Å². The Morgan fingerprint density at radius 3 is 2.85 bits per heavy atom. The van der Waals surface area contributed by atoms with E-state index in [1.165, 1.54) is 11.5 Å². The van der Waals surface area contributed by atoms with Crippen molar-refractivity contribution in [3.05, 3.63) is 28.1 Å². The van der Waals surface area contributed by atoms with Crippen molar-refractivity contribution in [3.63, 3.8) is 0 Å². The monoisotopic (exact) mass is 294 g/mol. The van der Waals surface area contributed by atoms with E-state index in [2.05, 4.69) is 28.6 Å². The Labute approximate surface area is 121 Å². The van der Waals surface area contributed by atoms with Gasteiger partial charge in [0.1, 0.15) is 5.76 Å². The molecule has 20 heavy (non-hydrogen) atoms. The highest BCUT2D eigenvalue weighted by Gasteiger charge is 2.19. The molecule has 7 heteroatoms. The van der Waals surface area contributed by atoms with Crippen molar-refractivity contribution in [1.29, 1.82) is 0 Å². The molecular formula is C13H18N4O2S. The summed E-state index contributed by atoms with van der Waals surface area (Å²) in [5.74, 6) is 1.05. The third-order valence-electron chi connectivity index (χ3n) is 2.86. The first-order chi connectivity index (χ1) is 9.47. The number of nitrogens with zero attached hydrogens (tertiary/aromatic N) is 4. The number of rotatable bonds is 5. The Morgan fingerprint density at radius 1 is 1.50 bits per heavy atom. The Balaban J connectivity index is 2.03.